The fourth-order valence-electron chi connectivity index (χ4n) is 2.66. The summed E-state index contributed by atoms with van der Waals surface area (Å²) in [6.45, 7) is 4.47. The Labute approximate surface area is 136 Å². The van der Waals surface area contributed by atoms with Gasteiger partial charge in [0.2, 0.25) is 11.8 Å². The van der Waals surface area contributed by atoms with Crippen LogP contribution in [-0.4, -0.2) is 41.8 Å². The van der Waals surface area contributed by atoms with E-state index in [2.05, 4.69) is 10.6 Å². The molecule has 0 bridgehead atoms. The Bertz CT molecular complexity index is 595. The number of nitrogens with zero attached hydrogens (tertiary/aromatic N) is 1. The van der Waals surface area contributed by atoms with E-state index in [9.17, 15) is 14.4 Å². The van der Waals surface area contributed by atoms with Gasteiger partial charge in [0.1, 0.15) is 6.04 Å². The number of para-hydroxylation sites is 1. The minimum absolute atomic E-state index is 0.0622. The quantitative estimate of drug-likeness (QED) is 0.888. The topological polar surface area (TPSA) is 78.5 Å². The summed E-state index contributed by atoms with van der Waals surface area (Å²) in [6.07, 6.45) is 3.18. The highest BCUT2D eigenvalue weighted by Gasteiger charge is 2.22. The molecule has 1 unspecified atom stereocenters. The molecule has 0 spiro atoms. The van der Waals surface area contributed by atoms with Crippen molar-refractivity contribution in [1.29, 1.82) is 0 Å². The first-order valence-electron chi connectivity index (χ1n) is 7.95. The van der Waals surface area contributed by atoms with Gasteiger partial charge in [-0.05, 0) is 38.3 Å². The molecule has 23 heavy (non-hydrogen) atoms. The summed E-state index contributed by atoms with van der Waals surface area (Å²) >= 11 is 0. The van der Waals surface area contributed by atoms with Crippen LogP contribution < -0.4 is 10.6 Å². The van der Waals surface area contributed by atoms with Crippen molar-refractivity contribution >= 4 is 23.4 Å². The van der Waals surface area contributed by atoms with E-state index in [4.69, 9.17) is 0 Å². The standard InChI is InChI=1S/C17H23N3O3/c1-12(18-13(2)21)16(22)19-15-9-5-4-8-14(15)17(23)20-10-6-3-7-11-20/h4-5,8-9,12H,3,6-7,10-11H2,1-2H3,(H,18,21)(H,19,22). The molecule has 1 fully saturated rings. The van der Waals surface area contributed by atoms with E-state index in [0.29, 0.717) is 11.3 Å². The van der Waals surface area contributed by atoms with Gasteiger partial charge >= 0.3 is 0 Å². The van der Waals surface area contributed by atoms with Gasteiger partial charge in [0.05, 0.1) is 11.3 Å². The van der Waals surface area contributed by atoms with E-state index in [1.807, 2.05) is 4.90 Å². The van der Waals surface area contributed by atoms with E-state index in [-0.39, 0.29) is 17.7 Å². The van der Waals surface area contributed by atoms with Gasteiger partial charge in [-0.2, -0.15) is 0 Å². The lowest BCUT2D eigenvalue weighted by Gasteiger charge is -2.27. The SMILES string of the molecule is CC(=O)NC(C)C(=O)Nc1ccccc1C(=O)N1CCCCC1. The number of hydrogen-bond acceptors (Lipinski definition) is 3. The molecule has 124 valence electrons. The summed E-state index contributed by atoms with van der Waals surface area (Å²) in [5.74, 6) is -0.683. The zero-order chi connectivity index (χ0) is 16.8. The van der Waals surface area contributed by atoms with Crippen LogP contribution in [0.3, 0.4) is 0 Å². The molecule has 1 saturated heterocycles. The van der Waals surface area contributed by atoms with E-state index in [0.717, 1.165) is 32.4 Å². The molecule has 1 atom stereocenters. The van der Waals surface area contributed by atoms with Crippen LogP contribution in [0.25, 0.3) is 0 Å². The van der Waals surface area contributed by atoms with E-state index in [1.54, 1.807) is 31.2 Å². The summed E-state index contributed by atoms with van der Waals surface area (Å²) in [5, 5.41) is 5.26. The van der Waals surface area contributed by atoms with Crippen molar-refractivity contribution in [2.45, 2.75) is 39.2 Å². The molecule has 1 heterocycles. The van der Waals surface area contributed by atoms with Crippen molar-refractivity contribution in [1.82, 2.24) is 10.2 Å². The Morgan fingerprint density at radius 1 is 1.09 bits per heavy atom. The third-order valence-electron chi connectivity index (χ3n) is 3.87. The number of anilines is 1. The zero-order valence-corrected chi connectivity index (χ0v) is 13.6. The molecule has 6 nitrogen and oxygen atoms in total. The first-order chi connectivity index (χ1) is 11.0. The number of nitrogens with one attached hydrogen (secondary N) is 2. The Hall–Kier alpha value is -2.37. The number of hydrogen-bond donors (Lipinski definition) is 2. The highest BCUT2D eigenvalue weighted by Crippen LogP contribution is 2.20. The van der Waals surface area contributed by atoms with Gasteiger partial charge in [0, 0.05) is 20.0 Å². The van der Waals surface area contributed by atoms with Crippen LogP contribution >= 0.6 is 0 Å². The highest BCUT2D eigenvalue weighted by atomic mass is 16.2. The van der Waals surface area contributed by atoms with Crippen LogP contribution in [0.15, 0.2) is 24.3 Å². The van der Waals surface area contributed by atoms with Crippen LogP contribution in [0.1, 0.15) is 43.5 Å². The van der Waals surface area contributed by atoms with Crippen LogP contribution in [-0.2, 0) is 9.59 Å². The normalized spacial score (nSPS) is 15.7. The predicted molar refractivity (Wildman–Crippen MR) is 88.1 cm³/mol. The van der Waals surface area contributed by atoms with Gasteiger partial charge in [-0.15, -0.1) is 0 Å². The number of likely N-dealkylation sites (tertiary alicyclic amines) is 1. The van der Waals surface area contributed by atoms with E-state index in [1.165, 1.54) is 6.92 Å². The second-order valence-electron chi connectivity index (χ2n) is 5.81. The summed E-state index contributed by atoms with van der Waals surface area (Å²) in [7, 11) is 0. The van der Waals surface area contributed by atoms with Crippen molar-refractivity contribution in [3.63, 3.8) is 0 Å². The summed E-state index contributed by atoms with van der Waals surface area (Å²) in [5.41, 5.74) is 0.961. The Morgan fingerprint density at radius 3 is 2.39 bits per heavy atom. The molecular formula is C17H23N3O3. The smallest absolute Gasteiger partial charge is 0.255 e. The Balaban J connectivity index is 2.12. The van der Waals surface area contributed by atoms with Crippen LogP contribution in [0.5, 0.6) is 0 Å². The maximum absolute atomic E-state index is 12.7. The largest absolute Gasteiger partial charge is 0.345 e. The predicted octanol–water partition coefficient (Wildman–Crippen LogP) is 1.78. The Morgan fingerprint density at radius 2 is 1.74 bits per heavy atom. The fraction of sp³-hybridized carbons (Fsp3) is 0.471. The van der Waals surface area contributed by atoms with Gasteiger partial charge in [-0.3, -0.25) is 14.4 Å². The van der Waals surface area contributed by atoms with Gasteiger partial charge in [-0.1, -0.05) is 12.1 Å². The second kappa shape index (κ2) is 7.76. The molecule has 1 aliphatic rings. The first-order valence-corrected chi connectivity index (χ1v) is 7.95. The zero-order valence-electron chi connectivity index (χ0n) is 13.6. The van der Waals surface area contributed by atoms with Gasteiger partial charge in [0.25, 0.3) is 5.91 Å². The minimum Gasteiger partial charge on any atom is -0.345 e. The summed E-state index contributed by atoms with van der Waals surface area (Å²) in [6, 6.07) is 6.31. The number of amides is 3. The monoisotopic (exact) mass is 317 g/mol. The first kappa shape index (κ1) is 17.0. The lowest BCUT2D eigenvalue weighted by atomic mass is 10.1. The van der Waals surface area contributed by atoms with Gasteiger partial charge in [-0.25, -0.2) is 0 Å². The van der Waals surface area contributed by atoms with E-state index < -0.39 is 6.04 Å². The molecular weight excluding hydrogens is 294 g/mol. The van der Waals surface area contributed by atoms with Crippen molar-refractivity contribution in [3.8, 4) is 0 Å². The molecule has 3 amide bonds. The fourth-order valence-corrected chi connectivity index (χ4v) is 2.66. The Kier molecular flexibility index (Phi) is 5.73. The molecule has 1 aromatic rings. The van der Waals surface area contributed by atoms with Gasteiger partial charge < -0.3 is 15.5 Å². The summed E-state index contributed by atoms with van der Waals surface area (Å²) in [4.78, 5) is 37.7. The molecule has 0 aromatic heterocycles. The van der Waals surface area contributed by atoms with Crippen LogP contribution in [0.4, 0.5) is 5.69 Å². The van der Waals surface area contributed by atoms with E-state index >= 15 is 0 Å². The lowest BCUT2D eigenvalue weighted by Crippen LogP contribution is -2.41. The minimum atomic E-state index is -0.661. The molecule has 0 saturated carbocycles. The van der Waals surface area contributed by atoms with Crippen molar-refractivity contribution in [3.05, 3.63) is 29.8 Å². The maximum atomic E-state index is 12.7. The third kappa shape index (κ3) is 4.55. The lowest BCUT2D eigenvalue weighted by molar-refractivity contribution is -0.124. The number of piperidine rings is 1. The van der Waals surface area contributed by atoms with Crippen LogP contribution in [0.2, 0.25) is 0 Å². The second-order valence-corrected chi connectivity index (χ2v) is 5.81. The van der Waals surface area contributed by atoms with Crippen molar-refractivity contribution in [2.24, 2.45) is 0 Å². The number of rotatable bonds is 4. The summed E-state index contributed by atoms with van der Waals surface area (Å²) < 4.78 is 0. The van der Waals surface area contributed by atoms with Crippen molar-refractivity contribution < 1.29 is 14.4 Å². The molecule has 2 rings (SSSR count). The van der Waals surface area contributed by atoms with Crippen molar-refractivity contribution in [2.75, 3.05) is 18.4 Å². The molecule has 0 aliphatic carbocycles. The number of carbonyl (C=O) groups excluding carboxylic acids is 3. The highest BCUT2D eigenvalue weighted by molar-refractivity contribution is 6.05. The number of benzene rings is 1. The molecule has 6 heteroatoms. The maximum Gasteiger partial charge on any atom is 0.255 e. The van der Waals surface area contributed by atoms with Crippen LogP contribution in [0, 0.1) is 0 Å². The average molecular weight is 317 g/mol. The molecule has 0 radical (unpaired) electrons. The number of carbonyl (C=O) groups is 3. The third-order valence-corrected chi connectivity index (χ3v) is 3.87. The molecule has 1 aromatic carbocycles. The molecule has 1 aliphatic heterocycles. The van der Waals surface area contributed by atoms with Gasteiger partial charge in [0.15, 0.2) is 0 Å². The average Bonchev–Trinajstić information content (AvgIpc) is 2.55. The molecule has 2 N–H and O–H groups in total.